The maximum Gasteiger partial charge on any atom is 0.200 e. The van der Waals surface area contributed by atoms with E-state index in [0.29, 0.717) is 23.7 Å². The van der Waals surface area contributed by atoms with Crippen LogP contribution in [0.4, 0.5) is 0 Å². The van der Waals surface area contributed by atoms with Gasteiger partial charge < -0.3 is 4.42 Å². The van der Waals surface area contributed by atoms with Gasteiger partial charge in [-0.1, -0.05) is 42.1 Å². The molecule has 3 aromatic rings. The molecule has 2 aromatic heterocycles. The van der Waals surface area contributed by atoms with E-state index in [2.05, 4.69) is 10.2 Å². The summed E-state index contributed by atoms with van der Waals surface area (Å²) in [6, 6.07) is 13.0. The maximum atomic E-state index is 12.5. The molecule has 0 spiro atoms. The fourth-order valence-corrected chi connectivity index (χ4v) is 3.29. The summed E-state index contributed by atoms with van der Waals surface area (Å²) in [5.74, 6) is 1.44. The smallest absolute Gasteiger partial charge is 0.200 e. The van der Waals surface area contributed by atoms with Crippen LogP contribution in [0, 0.1) is 0 Å². The highest BCUT2D eigenvalue weighted by atomic mass is 32.2. The van der Waals surface area contributed by atoms with E-state index in [1.54, 1.807) is 6.26 Å². The summed E-state index contributed by atoms with van der Waals surface area (Å²) in [6.07, 6.45) is 1.61. The fourth-order valence-electron chi connectivity index (χ4n) is 2.30. The first-order chi connectivity index (χ1) is 11.2. The van der Waals surface area contributed by atoms with E-state index in [4.69, 9.17) is 4.42 Å². The van der Waals surface area contributed by atoms with Crippen LogP contribution in [0.25, 0.3) is 11.6 Å². The summed E-state index contributed by atoms with van der Waals surface area (Å²) < 4.78 is 7.35. The van der Waals surface area contributed by atoms with Crippen molar-refractivity contribution in [2.24, 2.45) is 0 Å². The van der Waals surface area contributed by atoms with Crippen molar-refractivity contribution in [1.29, 1.82) is 0 Å². The van der Waals surface area contributed by atoms with E-state index >= 15 is 0 Å². The molecule has 0 aliphatic heterocycles. The number of nitrogens with zero attached hydrogens (tertiary/aromatic N) is 3. The van der Waals surface area contributed by atoms with Crippen molar-refractivity contribution < 1.29 is 9.21 Å². The molecule has 0 N–H and O–H groups in total. The van der Waals surface area contributed by atoms with Crippen LogP contribution in [0.3, 0.4) is 0 Å². The Morgan fingerprint density at radius 2 is 2.00 bits per heavy atom. The van der Waals surface area contributed by atoms with Crippen molar-refractivity contribution in [2.45, 2.75) is 30.8 Å². The van der Waals surface area contributed by atoms with Crippen LogP contribution < -0.4 is 0 Å². The van der Waals surface area contributed by atoms with Gasteiger partial charge >= 0.3 is 0 Å². The molecule has 2 heterocycles. The minimum Gasteiger partial charge on any atom is -0.461 e. The summed E-state index contributed by atoms with van der Waals surface area (Å²) in [7, 11) is 0. The quantitative estimate of drug-likeness (QED) is 0.507. The highest BCUT2D eigenvalue weighted by molar-refractivity contribution is 8.00. The molecule has 0 radical (unpaired) electrons. The van der Waals surface area contributed by atoms with Crippen LogP contribution in [-0.4, -0.2) is 25.8 Å². The number of carbonyl (C=O) groups excluding carboxylic acids is 1. The third-order valence-electron chi connectivity index (χ3n) is 3.48. The first kappa shape index (κ1) is 15.6. The van der Waals surface area contributed by atoms with E-state index in [9.17, 15) is 4.79 Å². The lowest BCUT2D eigenvalue weighted by Crippen LogP contribution is -2.14. The van der Waals surface area contributed by atoms with Gasteiger partial charge in [0.1, 0.15) is 0 Å². The summed E-state index contributed by atoms with van der Waals surface area (Å²) in [6.45, 7) is 4.61. The number of Topliss-reactive ketones (excluding diaryl/α,β-unsaturated/α-hetero) is 1. The van der Waals surface area contributed by atoms with Crippen molar-refractivity contribution >= 4 is 17.5 Å². The Balaban J connectivity index is 1.82. The molecule has 0 aliphatic carbocycles. The van der Waals surface area contributed by atoms with Crippen molar-refractivity contribution in [3.05, 3.63) is 54.3 Å². The van der Waals surface area contributed by atoms with Gasteiger partial charge in [0.25, 0.3) is 0 Å². The van der Waals surface area contributed by atoms with Crippen LogP contribution in [0.15, 0.2) is 58.3 Å². The largest absolute Gasteiger partial charge is 0.461 e. The van der Waals surface area contributed by atoms with Crippen molar-refractivity contribution in [3.8, 4) is 11.6 Å². The molecule has 0 bridgehead atoms. The Hall–Kier alpha value is -2.34. The van der Waals surface area contributed by atoms with E-state index < -0.39 is 0 Å². The summed E-state index contributed by atoms with van der Waals surface area (Å²) in [4.78, 5) is 12.5. The second-order valence-corrected chi connectivity index (χ2v) is 6.33. The second-order valence-electron chi connectivity index (χ2n) is 5.02. The van der Waals surface area contributed by atoms with Crippen LogP contribution in [0.2, 0.25) is 0 Å². The molecule has 0 saturated heterocycles. The molecular formula is C17H17N3O2S. The van der Waals surface area contributed by atoms with Gasteiger partial charge in [-0.2, -0.15) is 0 Å². The summed E-state index contributed by atoms with van der Waals surface area (Å²) in [5.41, 5.74) is 0.710. The van der Waals surface area contributed by atoms with Gasteiger partial charge in [0.2, 0.25) is 0 Å². The van der Waals surface area contributed by atoms with E-state index in [-0.39, 0.29) is 11.0 Å². The standard InChI is InChI=1S/C17H17N3O2S/c1-3-20-16(14-10-7-11-22-14)18-19-17(20)23-12(2)15(21)13-8-5-4-6-9-13/h4-12H,3H2,1-2H3. The predicted molar refractivity (Wildman–Crippen MR) is 89.5 cm³/mol. The van der Waals surface area contributed by atoms with Gasteiger partial charge in [-0.05, 0) is 26.0 Å². The molecule has 1 aromatic carbocycles. The van der Waals surface area contributed by atoms with E-state index in [1.807, 2.05) is 60.9 Å². The molecule has 0 fully saturated rings. The van der Waals surface area contributed by atoms with Crippen LogP contribution >= 0.6 is 11.8 Å². The zero-order chi connectivity index (χ0) is 16.2. The first-order valence-electron chi connectivity index (χ1n) is 7.43. The number of hydrogen-bond donors (Lipinski definition) is 0. The lowest BCUT2D eigenvalue weighted by molar-refractivity contribution is 0.0994. The number of hydrogen-bond acceptors (Lipinski definition) is 5. The number of furan rings is 1. The third kappa shape index (κ3) is 3.22. The van der Waals surface area contributed by atoms with Gasteiger partial charge in [-0.25, -0.2) is 0 Å². The highest BCUT2D eigenvalue weighted by Crippen LogP contribution is 2.28. The van der Waals surface area contributed by atoms with Gasteiger partial charge in [-0.15, -0.1) is 10.2 Å². The Labute approximate surface area is 138 Å². The normalized spacial score (nSPS) is 12.3. The maximum absolute atomic E-state index is 12.5. The molecule has 3 rings (SSSR count). The molecule has 5 nitrogen and oxygen atoms in total. The molecule has 6 heteroatoms. The molecule has 0 saturated carbocycles. The molecule has 1 unspecified atom stereocenters. The molecule has 0 amide bonds. The van der Waals surface area contributed by atoms with Crippen molar-refractivity contribution in [2.75, 3.05) is 0 Å². The van der Waals surface area contributed by atoms with Gasteiger partial charge in [0, 0.05) is 12.1 Å². The van der Waals surface area contributed by atoms with Gasteiger partial charge in [-0.3, -0.25) is 9.36 Å². The summed E-state index contributed by atoms with van der Waals surface area (Å²) in [5, 5.41) is 8.90. The van der Waals surface area contributed by atoms with Crippen LogP contribution in [0.5, 0.6) is 0 Å². The molecule has 23 heavy (non-hydrogen) atoms. The number of benzene rings is 1. The minimum absolute atomic E-state index is 0.0841. The first-order valence-corrected chi connectivity index (χ1v) is 8.31. The predicted octanol–water partition coefficient (Wildman–Crippen LogP) is 3.92. The van der Waals surface area contributed by atoms with Gasteiger partial charge in [0.05, 0.1) is 11.5 Å². The number of ketones is 1. The number of carbonyl (C=O) groups is 1. The number of thioether (sulfide) groups is 1. The third-order valence-corrected chi connectivity index (χ3v) is 4.56. The molecular weight excluding hydrogens is 310 g/mol. The average molecular weight is 327 g/mol. The Morgan fingerprint density at radius 1 is 1.22 bits per heavy atom. The van der Waals surface area contributed by atoms with Gasteiger partial charge in [0.15, 0.2) is 22.5 Å². The fraction of sp³-hybridized carbons (Fsp3) is 0.235. The molecule has 1 atom stereocenters. The van der Waals surface area contributed by atoms with Crippen LogP contribution in [0.1, 0.15) is 24.2 Å². The Bertz CT molecular complexity index is 782. The molecule has 118 valence electrons. The summed E-state index contributed by atoms with van der Waals surface area (Å²) >= 11 is 1.41. The number of aromatic nitrogens is 3. The monoisotopic (exact) mass is 327 g/mol. The highest BCUT2D eigenvalue weighted by Gasteiger charge is 2.21. The second kappa shape index (κ2) is 6.83. The zero-order valence-electron chi connectivity index (χ0n) is 13.0. The topological polar surface area (TPSA) is 60.9 Å². The van der Waals surface area contributed by atoms with Crippen molar-refractivity contribution in [3.63, 3.8) is 0 Å². The lowest BCUT2D eigenvalue weighted by Gasteiger charge is -2.11. The SMILES string of the molecule is CCn1c(SC(C)C(=O)c2ccccc2)nnc1-c1ccco1. The van der Waals surface area contributed by atoms with E-state index in [1.165, 1.54) is 11.8 Å². The Morgan fingerprint density at radius 3 is 2.65 bits per heavy atom. The zero-order valence-corrected chi connectivity index (χ0v) is 13.8. The average Bonchev–Trinajstić information content (AvgIpc) is 3.23. The Kier molecular flexibility index (Phi) is 4.62. The van der Waals surface area contributed by atoms with E-state index in [0.717, 1.165) is 5.16 Å². The minimum atomic E-state index is -0.239. The number of rotatable bonds is 6. The van der Waals surface area contributed by atoms with Crippen molar-refractivity contribution in [1.82, 2.24) is 14.8 Å². The van der Waals surface area contributed by atoms with Crippen LogP contribution in [-0.2, 0) is 6.54 Å². The lowest BCUT2D eigenvalue weighted by atomic mass is 10.1. The molecule has 0 aliphatic rings.